The molecular formula is C27H27F3N6O7S. The van der Waals surface area contributed by atoms with E-state index in [0.717, 1.165) is 34.7 Å². The molecule has 3 heterocycles. The van der Waals surface area contributed by atoms with Crippen LogP contribution in [0.3, 0.4) is 0 Å². The van der Waals surface area contributed by atoms with Crippen molar-refractivity contribution in [3.05, 3.63) is 69.9 Å². The van der Waals surface area contributed by atoms with Crippen LogP contribution in [-0.2, 0) is 27.3 Å². The van der Waals surface area contributed by atoms with Gasteiger partial charge in [0.2, 0.25) is 0 Å². The van der Waals surface area contributed by atoms with Gasteiger partial charge < -0.3 is 29.8 Å². The van der Waals surface area contributed by atoms with Crippen molar-refractivity contribution in [3.8, 4) is 11.5 Å². The summed E-state index contributed by atoms with van der Waals surface area (Å²) in [5.74, 6) is -0.988. The number of halogens is 3. The van der Waals surface area contributed by atoms with E-state index in [1.54, 1.807) is 18.2 Å². The lowest BCUT2D eigenvalue weighted by molar-refractivity contribution is -0.141. The summed E-state index contributed by atoms with van der Waals surface area (Å²) in [5.41, 5.74) is 3.48. The molecule has 0 aliphatic carbocycles. The number of pyridine rings is 2. The Morgan fingerprint density at radius 3 is 2.32 bits per heavy atom. The second-order valence-electron chi connectivity index (χ2n) is 9.45. The number of nitrogens with one attached hydrogen (secondary N) is 1. The predicted molar refractivity (Wildman–Crippen MR) is 157 cm³/mol. The van der Waals surface area contributed by atoms with Crippen molar-refractivity contribution in [2.75, 3.05) is 44.4 Å². The molecule has 234 valence electrons. The van der Waals surface area contributed by atoms with Crippen molar-refractivity contribution in [2.45, 2.75) is 12.7 Å². The first-order valence-electron chi connectivity index (χ1n) is 12.5. The Hall–Kier alpha value is -5.06. The average Bonchev–Trinajstić information content (AvgIpc) is 3.42. The molecule has 4 aromatic rings. The van der Waals surface area contributed by atoms with Crippen LogP contribution < -0.4 is 26.1 Å². The molecule has 1 aromatic carbocycles. The second kappa shape index (κ2) is 11.9. The highest BCUT2D eigenvalue weighted by atomic mass is 32.2. The second-order valence-corrected chi connectivity index (χ2v) is 11.7. The summed E-state index contributed by atoms with van der Waals surface area (Å²) >= 11 is 0. The zero-order chi connectivity index (χ0) is 32.6. The molecule has 0 radical (unpaired) electrons. The number of carbonyl (C=O) groups excluding carboxylic acids is 1. The van der Waals surface area contributed by atoms with E-state index >= 15 is 0 Å². The van der Waals surface area contributed by atoms with Crippen LogP contribution >= 0.6 is 0 Å². The molecule has 0 unspecified atom stereocenters. The zero-order valence-electron chi connectivity index (χ0n) is 23.9. The third-order valence-electron chi connectivity index (χ3n) is 6.41. The van der Waals surface area contributed by atoms with E-state index in [1.807, 2.05) is 0 Å². The fraction of sp³-hybridized carbons (Fsp3) is 0.259. The molecule has 0 atom stereocenters. The number of alkyl halides is 3. The van der Waals surface area contributed by atoms with Crippen molar-refractivity contribution >= 4 is 49.9 Å². The predicted octanol–water partition coefficient (Wildman–Crippen LogP) is 3.10. The number of rotatable bonds is 10. The fourth-order valence-electron chi connectivity index (χ4n) is 4.36. The summed E-state index contributed by atoms with van der Waals surface area (Å²) in [7, 11) is 0.297. The molecular weight excluding hydrogens is 609 g/mol. The van der Waals surface area contributed by atoms with Gasteiger partial charge in [-0.3, -0.25) is 4.79 Å². The number of aromatic nitrogens is 3. The summed E-state index contributed by atoms with van der Waals surface area (Å²) in [5, 5.41) is 6.52. The number of benzene rings is 1. The summed E-state index contributed by atoms with van der Waals surface area (Å²) < 4.78 is 82.1. The van der Waals surface area contributed by atoms with Gasteiger partial charge in [0, 0.05) is 53.9 Å². The zero-order valence-corrected chi connectivity index (χ0v) is 24.7. The lowest BCUT2D eigenvalue weighted by Crippen LogP contribution is -2.30. The van der Waals surface area contributed by atoms with Gasteiger partial charge in [-0.1, -0.05) is 6.58 Å². The van der Waals surface area contributed by atoms with Crippen LogP contribution in [0.1, 0.15) is 21.6 Å². The first kappa shape index (κ1) is 31.9. The number of carbonyl (C=O) groups is 1. The molecule has 17 heteroatoms. The molecule has 3 aromatic heterocycles. The number of sulfone groups is 1. The van der Waals surface area contributed by atoms with E-state index in [-0.39, 0.29) is 33.6 Å². The van der Waals surface area contributed by atoms with Gasteiger partial charge in [-0.15, -0.1) is 0 Å². The van der Waals surface area contributed by atoms with Gasteiger partial charge in [-0.05, 0) is 12.1 Å². The van der Waals surface area contributed by atoms with E-state index in [2.05, 4.69) is 22.0 Å². The van der Waals surface area contributed by atoms with Crippen LogP contribution in [0.2, 0.25) is 0 Å². The van der Waals surface area contributed by atoms with E-state index < -0.39 is 51.1 Å². The van der Waals surface area contributed by atoms with Gasteiger partial charge in [0.25, 0.3) is 5.56 Å². The van der Waals surface area contributed by atoms with Gasteiger partial charge in [-0.25, -0.2) is 22.7 Å². The van der Waals surface area contributed by atoms with Crippen molar-refractivity contribution in [1.29, 1.82) is 0 Å². The number of fused-ring (bicyclic) bond motifs is 3. The molecule has 0 fully saturated rings. The first-order valence-corrected chi connectivity index (χ1v) is 14.6. The number of ether oxygens (including phenoxy) is 3. The number of methoxy groups -OCH3 is 3. The molecule has 0 aliphatic rings. The number of anilines is 2. The number of nitrogen functional groups attached to an aromatic ring is 1. The summed E-state index contributed by atoms with van der Waals surface area (Å²) in [6.45, 7) is 3.33. The van der Waals surface area contributed by atoms with Gasteiger partial charge in [0.15, 0.2) is 5.69 Å². The molecule has 0 aliphatic heterocycles. The Morgan fingerprint density at radius 1 is 1.14 bits per heavy atom. The number of esters is 1. The average molecular weight is 637 g/mol. The van der Waals surface area contributed by atoms with Gasteiger partial charge in [-0.2, -0.15) is 18.3 Å². The van der Waals surface area contributed by atoms with Crippen molar-refractivity contribution in [2.24, 2.45) is 4.99 Å². The monoisotopic (exact) mass is 636 g/mol. The van der Waals surface area contributed by atoms with Gasteiger partial charge in [0.05, 0.1) is 38.1 Å². The maximum absolute atomic E-state index is 13.7. The Labute approximate surface area is 248 Å². The largest absolute Gasteiger partial charge is 0.497 e. The van der Waals surface area contributed by atoms with E-state index in [9.17, 15) is 31.2 Å². The minimum Gasteiger partial charge on any atom is -0.497 e. The molecule has 0 bridgehead atoms. The lowest BCUT2D eigenvalue weighted by Gasteiger charge is -2.16. The number of nitrogens with zero attached hydrogens (tertiary/aromatic N) is 4. The Balaban J connectivity index is 2.00. The maximum Gasteiger partial charge on any atom is 0.435 e. The number of aryl methyl sites for hydroxylation is 1. The van der Waals surface area contributed by atoms with Crippen LogP contribution in [0, 0.1) is 0 Å². The maximum atomic E-state index is 13.7. The van der Waals surface area contributed by atoms with Crippen molar-refractivity contribution in [1.82, 2.24) is 14.2 Å². The third-order valence-corrected chi connectivity index (χ3v) is 7.33. The highest BCUT2D eigenvalue weighted by molar-refractivity contribution is 7.90. The molecule has 3 N–H and O–H groups in total. The van der Waals surface area contributed by atoms with Crippen LogP contribution in [0.25, 0.3) is 16.4 Å². The van der Waals surface area contributed by atoms with E-state index in [4.69, 9.17) is 19.9 Å². The van der Waals surface area contributed by atoms with Crippen LogP contribution in [-0.4, -0.2) is 68.1 Å². The lowest BCUT2D eigenvalue weighted by atomic mass is 10.1. The molecule has 0 spiro atoms. The van der Waals surface area contributed by atoms with Crippen molar-refractivity contribution < 1.29 is 40.6 Å². The standard InChI is InChI=1S/C27H27F3N6O7S/c1-14(33-15-8-16(41-2)10-17(9-15)42-3)32-13-20-18-11-19(26(38)43-4)25(37)35(6-7-44(5,39)40)23(18)21-12-22(27(28,29)30)34-36(21)24(20)31/h8-13,33H,1,6-7,31H2,2-5H3. The highest BCUT2D eigenvalue weighted by Crippen LogP contribution is 2.34. The van der Waals surface area contributed by atoms with Gasteiger partial charge >= 0.3 is 12.1 Å². The van der Waals surface area contributed by atoms with Crippen molar-refractivity contribution in [3.63, 3.8) is 0 Å². The van der Waals surface area contributed by atoms with Crippen LogP contribution in [0.15, 0.2) is 52.5 Å². The summed E-state index contributed by atoms with van der Waals surface area (Å²) in [6.07, 6.45) is -2.81. The molecule has 44 heavy (non-hydrogen) atoms. The van der Waals surface area contributed by atoms with E-state index in [1.165, 1.54) is 14.2 Å². The fourth-order valence-corrected chi connectivity index (χ4v) is 4.87. The smallest absolute Gasteiger partial charge is 0.435 e. The summed E-state index contributed by atoms with van der Waals surface area (Å²) in [4.78, 5) is 30.2. The molecule has 13 nitrogen and oxygen atoms in total. The van der Waals surface area contributed by atoms with Crippen LogP contribution in [0.4, 0.5) is 24.7 Å². The normalized spacial score (nSPS) is 12.2. The minimum atomic E-state index is -4.89. The molecule has 0 amide bonds. The molecule has 4 rings (SSSR count). The van der Waals surface area contributed by atoms with Gasteiger partial charge in [0.1, 0.15) is 38.5 Å². The minimum absolute atomic E-state index is 0.00303. The van der Waals surface area contributed by atoms with Crippen LogP contribution in [0.5, 0.6) is 11.5 Å². The number of aliphatic imine (C=N–C) groups is 1. The number of nitrogens with two attached hydrogens (primary N) is 1. The number of hydrogen-bond acceptors (Lipinski definition) is 11. The third kappa shape index (κ3) is 6.46. The summed E-state index contributed by atoms with van der Waals surface area (Å²) in [6, 6.07) is 6.67. The Morgan fingerprint density at radius 2 is 1.77 bits per heavy atom. The Bertz CT molecular complexity index is 1980. The first-order chi connectivity index (χ1) is 20.6. The highest BCUT2D eigenvalue weighted by Gasteiger charge is 2.35. The molecule has 0 saturated carbocycles. The quantitative estimate of drug-likeness (QED) is 0.195. The van der Waals surface area contributed by atoms with E-state index in [0.29, 0.717) is 23.3 Å². The Kier molecular flexibility index (Phi) is 8.62. The SMILES string of the molecule is C=C(N=Cc1c(N)n2nc(C(F)(F)F)cc2c2c1cc(C(=O)OC)c(=O)n2CCS(C)(=O)=O)Nc1cc(OC)cc(OC)c1. The topological polar surface area (TPSA) is 169 Å². The molecule has 0 saturated heterocycles. The number of hydrogen-bond donors (Lipinski definition) is 2.